The van der Waals surface area contributed by atoms with Crippen LogP contribution in [0.1, 0.15) is 72.8 Å². The van der Waals surface area contributed by atoms with E-state index in [1.165, 1.54) is 0 Å². The summed E-state index contributed by atoms with van der Waals surface area (Å²) in [6, 6.07) is 7.20. The van der Waals surface area contributed by atoms with Crippen molar-refractivity contribution >= 4 is 29.7 Å². The first-order chi connectivity index (χ1) is 18.8. The third-order valence-electron chi connectivity index (χ3n) is 6.34. The van der Waals surface area contributed by atoms with Crippen LogP contribution in [-0.4, -0.2) is 60.5 Å². The zero-order chi connectivity index (χ0) is 29.8. The summed E-state index contributed by atoms with van der Waals surface area (Å²) in [4.78, 5) is 65.7. The zero-order valence-electron chi connectivity index (χ0n) is 24.5. The first-order valence-electron chi connectivity index (χ1n) is 14.2. The third-order valence-corrected chi connectivity index (χ3v) is 6.34. The van der Waals surface area contributed by atoms with E-state index < -0.39 is 54.0 Å². The molecule has 10 nitrogen and oxygen atoms in total. The summed E-state index contributed by atoms with van der Waals surface area (Å²) in [5.41, 5.74) is 0.824. The van der Waals surface area contributed by atoms with E-state index in [0.717, 1.165) is 5.56 Å². The smallest absolute Gasteiger partial charge is 0.329 e. The number of esters is 2. The maximum atomic E-state index is 13.4. The Balaban J connectivity index is 2.42. The summed E-state index contributed by atoms with van der Waals surface area (Å²) in [5, 5.41) is 8.13. The number of cyclic esters (lactones) is 2. The first kappa shape index (κ1) is 32.8. The lowest BCUT2D eigenvalue weighted by molar-refractivity contribution is -0.162. The van der Waals surface area contributed by atoms with Crippen molar-refractivity contribution in [1.82, 2.24) is 16.0 Å². The summed E-state index contributed by atoms with van der Waals surface area (Å²) < 4.78 is 11.2. The molecule has 1 heterocycles. The molecule has 2 rings (SSSR count). The fraction of sp³-hybridized carbons (Fsp3) is 0.633. The van der Waals surface area contributed by atoms with Crippen LogP contribution in [0.5, 0.6) is 0 Å². The second-order valence-electron chi connectivity index (χ2n) is 11.6. The average molecular weight is 560 g/mol. The monoisotopic (exact) mass is 559 g/mol. The zero-order valence-corrected chi connectivity index (χ0v) is 24.5. The minimum atomic E-state index is -1.16. The van der Waals surface area contributed by atoms with Gasteiger partial charge in [-0.1, -0.05) is 71.9 Å². The van der Waals surface area contributed by atoms with Gasteiger partial charge in [-0.25, -0.2) is 4.79 Å². The second-order valence-corrected chi connectivity index (χ2v) is 11.6. The van der Waals surface area contributed by atoms with Crippen LogP contribution in [0.2, 0.25) is 0 Å². The van der Waals surface area contributed by atoms with Gasteiger partial charge < -0.3 is 25.4 Å². The molecular weight excluding hydrogens is 514 g/mol. The highest BCUT2D eigenvalue weighted by Gasteiger charge is 2.34. The molecule has 1 fully saturated rings. The summed E-state index contributed by atoms with van der Waals surface area (Å²) in [6.45, 7) is 11.3. The van der Waals surface area contributed by atoms with Gasteiger partial charge in [0, 0.05) is 13.0 Å². The van der Waals surface area contributed by atoms with Gasteiger partial charge in [-0.3, -0.25) is 19.2 Å². The number of ether oxygens (including phenoxy) is 2. The normalized spacial score (nSPS) is 23.9. The Kier molecular flexibility index (Phi) is 13.1. The van der Waals surface area contributed by atoms with Crippen molar-refractivity contribution in [3.8, 4) is 0 Å². The van der Waals surface area contributed by atoms with Crippen LogP contribution >= 0.6 is 0 Å². The van der Waals surface area contributed by atoms with Gasteiger partial charge in [-0.05, 0) is 42.6 Å². The van der Waals surface area contributed by atoms with E-state index in [2.05, 4.69) is 16.0 Å². The van der Waals surface area contributed by atoms with Crippen molar-refractivity contribution < 1.29 is 33.4 Å². The summed E-state index contributed by atoms with van der Waals surface area (Å²) in [7, 11) is 0. The molecule has 4 atom stereocenters. The molecule has 0 spiro atoms. The maximum absolute atomic E-state index is 13.4. The van der Waals surface area contributed by atoms with Gasteiger partial charge in [0.1, 0.15) is 12.1 Å². The molecule has 1 aromatic carbocycles. The molecule has 0 aromatic heterocycles. The molecule has 222 valence electrons. The molecule has 40 heavy (non-hydrogen) atoms. The lowest BCUT2D eigenvalue weighted by Gasteiger charge is -2.27. The number of nitrogens with one attached hydrogen (secondary N) is 3. The Morgan fingerprint density at radius 3 is 1.77 bits per heavy atom. The number of rotatable bonds is 8. The molecule has 3 N–H and O–H groups in total. The number of carbonyl (C=O) groups excluding carboxylic acids is 5. The lowest BCUT2D eigenvalue weighted by atomic mass is 10.0. The molecule has 4 unspecified atom stereocenters. The van der Waals surface area contributed by atoms with Gasteiger partial charge in [0.05, 0.1) is 6.42 Å². The second kappa shape index (κ2) is 16.0. The van der Waals surface area contributed by atoms with Gasteiger partial charge in [0.15, 0.2) is 12.2 Å². The number of carbonyl (C=O) groups is 5. The van der Waals surface area contributed by atoms with Crippen molar-refractivity contribution in [3.05, 3.63) is 35.9 Å². The highest BCUT2D eigenvalue weighted by Crippen LogP contribution is 2.16. The van der Waals surface area contributed by atoms with E-state index in [1.54, 1.807) is 0 Å². The highest BCUT2D eigenvalue weighted by atomic mass is 16.6. The topological polar surface area (TPSA) is 140 Å². The Hall–Kier alpha value is -3.43. The molecule has 1 aromatic rings. The Labute approximate surface area is 237 Å². The van der Waals surface area contributed by atoms with Gasteiger partial charge in [0.25, 0.3) is 11.8 Å². The van der Waals surface area contributed by atoms with Crippen LogP contribution in [0.15, 0.2) is 30.3 Å². The van der Waals surface area contributed by atoms with Crippen LogP contribution in [0.4, 0.5) is 0 Å². The minimum Gasteiger partial charge on any atom is -0.452 e. The average Bonchev–Trinajstić information content (AvgIpc) is 2.86. The van der Waals surface area contributed by atoms with Crippen LogP contribution in [0, 0.1) is 17.8 Å². The Morgan fingerprint density at radius 2 is 1.23 bits per heavy atom. The highest BCUT2D eigenvalue weighted by molar-refractivity contribution is 5.92. The largest absolute Gasteiger partial charge is 0.452 e. The standard InChI is InChI=1S/C30H45N3O7/c1-18(2)14-23-30(38)40-25(16-20(5)6)29(37)32-22(17-21-10-8-7-9-11-21)27(35)31-13-12-26(34)39-24(15-19(3)4)28(36)33-23/h7-11,18-20,22-25H,12-17H2,1-6H3,(H,31,35)(H,32,37)(H,33,36). The molecule has 1 aliphatic heterocycles. The van der Waals surface area contributed by atoms with Crippen LogP contribution in [-0.2, 0) is 39.9 Å². The fourth-order valence-corrected chi connectivity index (χ4v) is 4.40. The number of amides is 3. The SMILES string of the molecule is CC(C)CC1NC(=O)C(CC(C)C)OC(=O)CCNC(=O)C(Cc2ccccc2)NC(=O)C(CC(C)C)OC1=O. The Bertz CT molecular complexity index is 1010. The Morgan fingerprint density at radius 1 is 0.700 bits per heavy atom. The number of benzene rings is 1. The van der Waals surface area contributed by atoms with E-state index in [0.29, 0.717) is 0 Å². The summed E-state index contributed by atoms with van der Waals surface area (Å²) in [6.07, 6.45) is -1.48. The van der Waals surface area contributed by atoms with Gasteiger partial charge in [-0.2, -0.15) is 0 Å². The van der Waals surface area contributed by atoms with Crippen molar-refractivity contribution in [2.45, 2.75) is 97.9 Å². The van der Waals surface area contributed by atoms with Gasteiger partial charge in [-0.15, -0.1) is 0 Å². The van der Waals surface area contributed by atoms with Gasteiger partial charge >= 0.3 is 11.9 Å². The minimum absolute atomic E-state index is 0.00326. The van der Waals surface area contributed by atoms with Crippen LogP contribution < -0.4 is 16.0 Å². The summed E-state index contributed by atoms with van der Waals surface area (Å²) >= 11 is 0. The molecule has 1 saturated heterocycles. The molecule has 3 amide bonds. The number of hydrogen-bond acceptors (Lipinski definition) is 7. The number of hydrogen-bond donors (Lipinski definition) is 3. The molecule has 0 radical (unpaired) electrons. The molecular formula is C30H45N3O7. The summed E-state index contributed by atoms with van der Waals surface area (Å²) in [5.74, 6) is -3.05. The molecule has 0 aliphatic carbocycles. The van der Waals surface area contributed by atoms with E-state index in [1.807, 2.05) is 71.9 Å². The molecule has 0 saturated carbocycles. The van der Waals surface area contributed by atoms with Crippen LogP contribution in [0.25, 0.3) is 0 Å². The van der Waals surface area contributed by atoms with E-state index in [9.17, 15) is 24.0 Å². The van der Waals surface area contributed by atoms with Crippen molar-refractivity contribution in [1.29, 1.82) is 0 Å². The first-order valence-corrected chi connectivity index (χ1v) is 14.2. The van der Waals surface area contributed by atoms with Gasteiger partial charge in [0.2, 0.25) is 5.91 Å². The fourth-order valence-electron chi connectivity index (χ4n) is 4.40. The van der Waals surface area contributed by atoms with E-state index in [4.69, 9.17) is 9.47 Å². The van der Waals surface area contributed by atoms with Crippen molar-refractivity contribution in [2.75, 3.05) is 6.54 Å². The molecule has 1 aliphatic rings. The van der Waals surface area contributed by atoms with E-state index in [-0.39, 0.29) is 56.4 Å². The van der Waals surface area contributed by atoms with Crippen molar-refractivity contribution in [2.24, 2.45) is 17.8 Å². The van der Waals surface area contributed by atoms with E-state index >= 15 is 0 Å². The quantitative estimate of drug-likeness (QED) is 0.416. The molecule has 10 heteroatoms. The van der Waals surface area contributed by atoms with Crippen molar-refractivity contribution in [3.63, 3.8) is 0 Å². The third kappa shape index (κ3) is 11.4. The predicted molar refractivity (Wildman–Crippen MR) is 150 cm³/mol. The van der Waals surface area contributed by atoms with Crippen LogP contribution in [0.3, 0.4) is 0 Å². The molecule has 0 bridgehead atoms. The predicted octanol–water partition coefficient (Wildman–Crippen LogP) is 2.68. The maximum Gasteiger partial charge on any atom is 0.329 e. The lowest BCUT2D eigenvalue weighted by Crippen LogP contribution is -2.54.